The molecule has 0 atom stereocenters. The third kappa shape index (κ3) is 3.89. The van der Waals surface area contributed by atoms with E-state index in [4.69, 9.17) is 0 Å². The van der Waals surface area contributed by atoms with Crippen LogP contribution in [-0.2, 0) is 0 Å². The van der Waals surface area contributed by atoms with Crippen LogP contribution in [0.3, 0.4) is 0 Å². The summed E-state index contributed by atoms with van der Waals surface area (Å²) in [6, 6.07) is 13.0. The molecule has 24 heavy (non-hydrogen) atoms. The number of carbonyl (C=O) groups is 1. The molecule has 0 unspecified atom stereocenters. The lowest BCUT2D eigenvalue weighted by Gasteiger charge is -2.08. The second-order valence-electron chi connectivity index (χ2n) is 5.06. The first kappa shape index (κ1) is 15.5. The standard InChI is InChI=1S/C17H14FN5O/c1-11(24)12-5-7-14(8-6-12)21-17-22-16(10-19-23-17)20-15-4-2-3-13(18)9-15/h2-10H,1H3,(H2,20,21,22,23). The molecule has 0 saturated heterocycles. The first-order chi connectivity index (χ1) is 11.6. The number of Topliss-reactive ketones (excluding diaryl/α,β-unsaturated/α-hetero) is 1. The summed E-state index contributed by atoms with van der Waals surface area (Å²) in [5.41, 5.74) is 1.91. The second kappa shape index (κ2) is 6.82. The number of anilines is 4. The summed E-state index contributed by atoms with van der Waals surface area (Å²) < 4.78 is 13.2. The third-order valence-electron chi connectivity index (χ3n) is 3.20. The Morgan fingerprint density at radius 1 is 1.04 bits per heavy atom. The van der Waals surface area contributed by atoms with E-state index < -0.39 is 0 Å². The predicted octanol–water partition coefficient (Wildman–Crippen LogP) is 3.70. The Morgan fingerprint density at radius 3 is 2.54 bits per heavy atom. The molecule has 0 fully saturated rings. The van der Waals surface area contributed by atoms with Gasteiger partial charge < -0.3 is 10.6 Å². The highest BCUT2D eigenvalue weighted by Crippen LogP contribution is 2.18. The van der Waals surface area contributed by atoms with Crippen LogP contribution in [0.5, 0.6) is 0 Å². The van der Waals surface area contributed by atoms with Crippen LogP contribution in [-0.4, -0.2) is 21.0 Å². The molecular weight excluding hydrogens is 309 g/mol. The van der Waals surface area contributed by atoms with Gasteiger partial charge in [0.15, 0.2) is 11.6 Å². The molecule has 0 aliphatic heterocycles. The highest BCUT2D eigenvalue weighted by Gasteiger charge is 2.04. The van der Waals surface area contributed by atoms with Gasteiger partial charge in [0.1, 0.15) is 5.82 Å². The number of hydrogen-bond acceptors (Lipinski definition) is 6. The van der Waals surface area contributed by atoms with E-state index in [2.05, 4.69) is 25.8 Å². The van der Waals surface area contributed by atoms with Crippen molar-refractivity contribution < 1.29 is 9.18 Å². The van der Waals surface area contributed by atoms with E-state index in [9.17, 15) is 9.18 Å². The van der Waals surface area contributed by atoms with Crippen molar-refractivity contribution in [1.29, 1.82) is 0 Å². The molecule has 0 radical (unpaired) electrons. The largest absolute Gasteiger partial charge is 0.339 e. The van der Waals surface area contributed by atoms with Gasteiger partial charge in [0.2, 0.25) is 5.95 Å². The Morgan fingerprint density at radius 2 is 1.83 bits per heavy atom. The van der Waals surface area contributed by atoms with E-state index >= 15 is 0 Å². The fourth-order valence-electron chi connectivity index (χ4n) is 2.05. The minimum Gasteiger partial charge on any atom is -0.339 e. The zero-order chi connectivity index (χ0) is 16.9. The number of carbonyl (C=O) groups excluding carboxylic acids is 1. The lowest BCUT2D eigenvalue weighted by Crippen LogP contribution is -2.02. The van der Waals surface area contributed by atoms with Gasteiger partial charge in [0.05, 0.1) is 6.20 Å². The number of ketones is 1. The van der Waals surface area contributed by atoms with E-state index in [1.165, 1.54) is 25.3 Å². The van der Waals surface area contributed by atoms with Crippen LogP contribution in [0.15, 0.2) is 54.7 Å². The van der Waals surface area contributed by atoms with Crippen molar-refractivity contribution in [1.82, 2.24) is 15.2 Å². The fraction of sp³-hybridized carbons (Fsp3) is 0.0588. The van der Waals surface area contributed by atoms with Gasteiger partial charge in [-0.15, -0.1) is 5.10 Å². The molecule has 0 saturated carbocycles. The number of benzene rings is 2. The summed E-state index contributed by atoms with van der Waals surface area (Å²) in [6.07, 6.45) is 1.44. The Labute approximate surface area is 137 Å². The summed E-state index contributed by atoms with van der Waals surface area (Å²) in [6.45, 7) is 1.51. The van der Waals surface area contributed by atoms with Gasteiger partial charge >= 0.3 is 0 Å². The van der Waals surface area contributed by atoms with Gasteiger partial charge in [0.25, 0.3) is 0 Å². The van der Waals surface area contributed by atoms with Crippen LogP contribution in [0.4, 0.5) is 27.5 Å². The molecule has 1 heterocycles. The molecule has 0 aliphatic rings. The molecule has 0 aliphatic carbocycles. The van der Waals surface area contributed by atoms with Crippen molar-refractivity contribution in [2.45, 2.75) is 6.92 Å². The molecule has 7 heteroatoms. The van der Waals surface area contributed by atoms with Crippen LogP contribution in [0.2, 0.25) is 0 Å². The first-order valence-electron chi connectivity index (χ1n) is 7.20. The summed E-state index contributed by atoms with van der Waals surface area (Å²) >= 11 is 0. The summed E-state index contributed by atoms with van der Waals surface area (Å²) in [5, 5.41) is 13.7. The van der Waals surface area contributed by atoms with Crippen LogP contribution in [0.25, 0.3) is 0 Å². The number of hydrogen-bond donors (Lipinski definition) is 2. The van der Waals surface area contributed by atoms with E-state index in [0.717, 1.165) is 5.69 Å². The highest BCUT2D eigenvalue weighted by atomic mass is 19.1. The van der Waals surface area contributed by atoms with E-state index in [1.807, 2.05) is 0 Å². The molecule has 2 aromatic carbocycles. The van der Waals surface area contributed by atoms with Crippen LogP contribution < -0.4 is 10.6 Å². The summed E-state index contributed by atoms with van der Waals surface area (Å²) in [7, 11) is 0. The molecule has 6 nitrogen and oxygen atoms in total. The van der Waals surface area contributed by atoms with Gasteiger partial charge in [-0.3, -0.25) is 4.79 Å². The van der Waals surface area contributed by atoms with Crippen molar-refractivity contribution >= 4 is 28.9 Å². The highest BCUT2D eigenvalue weighted by molar-refractivity contribution is 5.94. The quantitative estimate of drug-likeness (QED) is 0.697. The van der Waals surface area contributed by atoms with Crippen molar-refractivity contribution in [2.24, 2.45) is 0 Å². The fourth-order valence-corrected chi connectivity index (χ4v) is 2.05. The molecule has 1 aromatic heterocycles. The van der Waals surface area contributed by atoms with Gasteiger partial charge in [-0.2, -0.15) is 10.1 Å². The Hall–Kier alpha value is -3.35. The molecule has 3 rings (SSSR count). The van der Waals surface area contributed by atoms with E-state index in [1.54, 1.807) is 36.4 Å². The maximum absolute atomic E-state index is 13.2. The minimum atomic E-state index is -0.342. The maximum atomic E-state index is 13.2. The van der Waals surface area contributed by atoms with Crippen LogP contribution in [0.1, 0.15) is 17.3 Å². The van der Waals surface area contributed by atoms with Gasteiger partial charge in [-0.1, -0.05) is 6.07 Å². The number of halogens is 1. The SMILES string of the molecule is CC(=O)c1ccc(Nc2nncc(Nc3cccc(F)c3)n2)cc1. The van der Waals surface area contributed by atoms with Crippen LogP contribution >= 0.6 is 0 Å². The molecule has 120 valence electrons. The monoisotopic (exact) mass is 323 g/mol. The number of rotatable bonds is 5. The smallest absolute Gasteiger partial charge is 0.249 e. The van der Waals surface area contributed by atoms with Gasteiger partial charge in [-0.05, 0) is 49.4 Å². The summed E-state index contributed by atoms with van der Waals surface area (Å²) in [5.74, 6) is 0.372. The molecule has 2 N–H and O–H groups in total. The average Bonchev–Trinajstić information content (AvgIpc) is 2.56. The predicted molar refractivity (Wildman–Crippen MR) is 89.2 cm³/mol. The Kier molecular flexibility index (Phi) is 4.42. The zero-order valence-corrected chi connectivity index (χ0v) is 12.8. The first-order valence-corrected chi connectivity index (χ1v) is 7.20. The number of nitrogens with zero attached hydrogens (tertiary/aromatic N) is 3. The van der Waals surface area contributed by atoms with Crippen molar-refractivity contribution in [2.75, 3.05) is 10.6 Å². The summed E-state index contributed by atoms with van der Waals surface area (Å²) in [4.78, 5) is 15.5. The topological polar surface area (TPSA) is 79.8 Å². The third-order valence-corrected chi connectivity index (χ3v) is 3.20. The lowest BCUT2D eigenvalue weighted by atomic mass is 10.1. The van der Waals surface area contributed by atoms with E-state index in [-0.39, 0.29) is 17.5 Å². The Balaban J connectivity index is 1.74. The molecule has 0 spiro atoms. The van der Waals surface area contributed by atoms with E-state index in [0.29, 0.717) is 17.1 Å². The number of aromatic nitrogens is 3. The number of nitrogens with one attached hydrogen (secondary N) is 2. The molecule has 3 aromatic rings. The maximum Gasteiger partial charge on any atom is 0.249 e. The van der Waals surface area contributed by atoms with Crippen molar-refractivity contribution in [3.05, 3.63) is 66.1 Å². The van der Waals surface area contributed by atoms with Crippen LogP contribution in [0, 0.1) is 5.82 Å². The van der Waals surface area contributed by atoms with Gasteiger partial charge in [-0.25, -0.2) is 4.39 Å². The average molecular weight is 323 g/mol. The molecular formula is C17H14FN5O. The molecule has 0 amide bonds. The zero-order valence-electron chi connectivity index (χ0n) is 12.8. The van der Waals surface area contributed by atoms with Crippen molar-refractivity contribution in [3.63, 3.8) is 0 Å². The second-order valence-corrected chi connectivity index (χ2v) is 5.06. The van der Waals surface area contributed by atoms with Gasteiger partial charge in [0, 0.05) is 16.9 Å². The minimum absolute atomic E-state index is 0.000701. The molecule has 0 bridgehead atoms. The van der Waals surface area contributed by atoms with Crippen molar-refractivity contribution in [3.8, 4) is 0 Å². The lowest BCUT2D eigenvalue weighted by molar-refractivity contribution is 0.101. The Bertz CT molecular complexity index is 867. The normalized spacial score (nSPS) is 10.2.